The minimum Gasteiger partial charge on any atom is -0.369 e. The Bertz CT molecular complexity index is 515. The predicted molar refractivity (Wildman–Crippen MR) is 88.5 cm³/mol. The number of nitrogens with one attached hydrogen (secondary N) is 1. The van der Waals surface area contributed by atoms with Crippen molar-refractivity contribution in [3.8, 4) is 6.07 Å². The average molecular weight is 285 g/mol. The Labute approximate surface area is 129 Å². The second kappa shape index (κ2) is 6.49. The molecule has 114 valence electrons. The molecule has 21 heavy (non-hydrogen) atoms. The maximum Gasteiger partial charge on any atom is 0.106 e. The van der Waals surface area contributed by atoms with E-state index in [2.05, 4.69) is 61.3 Å². The van der Waals surface area contributed by atoms with Gasteiger partial charge >= 0.3 is 0 Å². The van der Waals surface area contributed by atoms with E-state index in [1.165, 1.54) is 24.1 Å². The maximum absolute atomic E-state index is 9.55. The van der Waals surface area contributed by atoms with Gasteiger partial charge in [0.25, 0.3) is 0 Å². The first-order valence-corrected chi connectivity index (χ1v) is 7.99. The van der Waals surface area contributed by atoms with Gasteiger partial charge in [-0.15, -0.1) is 0 Å². The summed E-state index contributed by atoms with van der Waals surface area (Å²) in [5, 5.41) is 13.1. The molecule has 2 rings (SSSR count). The SMILES string of the molecule is CCN(c1cccc(C)c1)C(C)CC(C)(C#N)NC1CC1. The molecule has 0 spiro atoms. The van der Waals surface area contributed by atoms with Crippen molar-refractivity contribution in [2.24, 2.45) is 0 Å². The standard InChI is InChI=1S/C18H27N3/c1-5-21(17-8-6-7-14(2)11-17)15(3)12-18(4,13-19)20-16-9-10-16/h6-8,11,15-16,20H,5,9-10,12H2,1-4H3. The van der Waals surface area contributed by atoms with E-state index < -0.39 is 5.54 Å². The highest BCUT2D eigenvalue weighted by Gasteiger charge is 2.34. The fourth-order valence-corrected chi connectivity index (χ4v) is 3.07. The third-order valence-corrected chi connectivity index (χ3v) is 4.26. The summed E-state index contributed by atoms with van der Waals surface area (Å²) in [5.74, 6) is 0. The summed E-state index contributed by atoms with van der Waals surface area (Å²) in [6.45, 7) is 9.50. The molecule has 0 radical (unpaired) electrons. The number of aryl methyl sites for hydroxylation is 1. The third-order valence-electron chi connectivity index (χ3n) is 4.26. The summed E-state index contributed by atoms with van der Waals surface area (Å²) >= 11 is 0. The molecule has 2 atom stereocenters. The van der Waals surface area contributed by atoms with E-state index in [4.69, 9.17) is 0 Å². The Morgan fingerprint density at radius 2 is 2.19 bits per heavy atom. The van der Waals surface area contributed by atoms with Crippen LogP contribution in [0, 0.1) is 18.3 Å². The second-order valence-corrected chi connectivity index (χ2v) is 6.54. The minimum absolute atomic E-state index is 0.327. The summed E-state index contributed by atoms with van der Waals surface area (Å²) in [6, 6.07) is 12.0. The number of benzene rings is 1. The van der Waals surface area contributed by atoms with Gasteiger partial charge in [0, 0.05) is 24.3 Å². The number of rotatable bonds is 7. The molecule has 1 fully saturated rings. The van der Waals surface area contributed by atoms with E-state index in [9.17, 15) is 5.26 Å². The van der Waals surface area contributed by atoms with E-state index in [0.717, 1.165) is 13.0 Å². The van der Waals surface area contributed by atoms with Crippen LogP contribution in [0.25, 0.3) is 0 Å². The van der Waals surface area contributed by atoms with Gasteiger partial charge in [0.2, 0.25) is 0 Å². The van der Waals surface area contributed by atoms with Crippen molar-refractivity contribution in [1.29, 1.82) is 5.26 Å². The quantitative estimate of drug-likeness (QED) is 0.831. The molecule has 3 heteroatoms. The van der Waals surface area contributed by atoms with Crippen molar-refractivity contribution in [2.45, 2.75) is 64.6 Å². The molecule has 3 nitrogen and oxygen atoms in total. The molecule has 0 bridgehead atoms. The van der Waals surface area contributed by atoms with Crippen LogP contribution in [0.4, 0.5) is 5.69 Å². The third kappa shape index (κ3) is 4.22. The molecule has 1 aromatic carbocycles. The number of nitrogens with zero attached hydrogens (tertiary/aromatic N) is 2. The molecule has 1 aromatic rings. The molecule has 0 heterocycles. The zero-order valence-corrected chi connectivity index (χ0v) is 13.7. The molecule has 0 amide bonds. The van der Waals surface area contributed by atoms with Gasteiger partial charge in [-0.2, -0.15) is 5.26 Å². The highest BCUT2D eigenvalue weighted by molar-refractivity contribution is 5.49. The second-order valence-electron chi connectivity index (χ2n) is 6.54. The van der Waals surface area contributed by atoms with Crippen LogP contribution in [0.1, 0.15) is 45.6 Å². The van der Waals surface area contributed by atoms with E-state index in [1.807, 2.05) is 6.92 Å². The minimum atomic E-state index is -0.433. The van der Waals surface area contributed by atoms with Crippen LogP contribution in [0.5, 0.6) is 0 Å². The highest BCUT2D eigenvalue weighted by atomic mass is 15.2. The molecule has 1 saturated carbocycles. The zero-order chi connectivity index (χ0) is 15.5. The molecule has 1 N–H and O–H groups in total. The highest BCUT2D eigenvalue weighted by Crippen LogP contribution is 2.27. The maximum atomic E-state index is 9.55. The summed E-state index contributed by atoms with van der Waals surface area (Å²) in [6.07, 6.45) is 3.25. The van der Waals surface area contributed by atoms with Crippen molar-refractivity contribution >= 4 is 5.69 Å². The van der Waals surface area contributed by atoms with Gasteiger partial charge in [-0.05, 0) is 64.7 Å². The van der Waals surface area contributed by atoms with Gasteiger partial charge in [-0.1, -0.05) is 12.1 Å². The molecule has 0 aromatic heterocycles. The van der Waals surface area contributed by atoms with Crippen LogP contribution < -0.4 is 10.2 Å². The first-order valence-electron chi connectivity index (χ1n) is 7.99. The Morgan fingerprint density at radius 3 is 2.71 bits per heavy atom. The van der Waals surface area contributed by atoms with Gasteiger partial charge in [-0.25, -0.2) is 0 Å². The van der Waals surface area contributed by atoms with Crippen molar-refractivity contribution in [3.63, 3.8) is 0 Å². The molecule has 1 aliphatic rings. The lowest BCUT2D eigenvalue weighted by atomic mass is 9.93. The van der Waals surface area contributed by atoms with Crippen molar-refractivity contribution < 1.29 is 0 Å². The topological polar surface area (TPSA) is 39.1 Å². The zero-order valence-electron chi connectivity index (χ0n) is 13.7. The molecule has 1 aliphatic carbocycles. The number of anilines is 1. The van der Waals surface area contributed by atoms with E-state index in [0.29, 0.717) is 12.1 Å². The van der Waals surface area contributed by atoms with Crippen molar-refractivity contribution in [2.75, 3.05) is 11.4 Å². The Balaban J connectivity index is 2.08. The lowest BCUT2D eigenvalue weighted by Crippen LogP contribution is -2.48. The van der Waals surface area contributed by atoms with Gasteiger partial charge in [0.15, 0.2) is 0 Å². The summed E-state index contributed by atoms with van der Waals surface area (Å²) in [4.78, 5) is 2.39. The lowest BCUT2D eigenvalue weighted by molar-refractivity contribution is 0.379. The van der Waals surface area contributed by atoms with Crippen molar-refractivity contribution in [3.05, 3.63) is 29.8 Å². The van der Waals surface area contributed by atoms with Crippen LogP contribution in [0.15, 0.2) is 24.3 Å². The predicted octanol–water partition coefficient (Wildman–Crippen LogP) is 3.63. The monoisotopic (exact) mass is 285 g/mol. The molecular formula is C18H27N3. The smallest absolute Gasteiger partial charge is 0.106 e. The summed E-state index contributed by atoms with van der Waals surface area (Å²) < 4.78 is 0. The number of hydrogen-bond acceptors (Lipinski definition) is 3. The van der Waals surface area contributed by atoms with Gasteiger partial charge in [0.1, 0.15) is 5.54 Å². The first-order chi connectivity index (χ1) is 9.97. The Hall–Kier alpha value is -1.53. The first kappa shape index (κ1) is 15.9. The van der Waals surface area contributed by atoms with Gasteiger partial charge in [0.05, 0.1) is 6.07 Å². The van der Waals surface area contributed by atoms with Crippen molar-refractivity contribution in [1.82, 2.24) is 5.32 Å². The molecule has 0 aliphatic heterocycles. The Kier molecular flexibility index (Phi) is 4.90. The van der Waals surface area contributed by atoms with Crippen LogP contribution in [0.2, 0.25) is 0 Å². The van der Waals surface area contributed by atoms with Gasteiger partial charge < -0.3 is 4.90 Å². The fourth-order valence-electron chi connectivity index (χ4n) is 3.07. The molecule has 2 unspecified atom stereocenters. The van der Waals surface area contributed by atoms with Crippen LogP contribution in [0.3, 0.4) is 0 Å². The number of nitriles is 1. The molecular weight excluding hydrogens is 258 g/mol. The Morgan fingerprint density at radius 1 is 1.48 bits per heavy atom. The van der Waals surface area contributed by atoms with Crippen LogP contribution in [-0.4, -0.2) is 24.2 Å². The largest absolute Gasteiger partial charge is 0.369 e. The number of hydrogen-bond donors (Lipinski definition) is 1. The van der Waals surface area contributed by atoms with Crippen LogP contribution in [-0.2, 0) is 0 Å². The van der Waals surface area contributed by atoms with Gasteiger partial charge in [-0.3, -0.25) is 5.32 Å². The van der Waals surface area contributed by atoms with E-state index in [-0.39, 0.29) is 0 Å². The summed E-state index contributed by atoms with van der Waals surface area (Å²) in [7, 11) is 0. The average Bonchev–Trinajstić information content (AvgIpc) is 3.23. The van der Waals surface area contributed by atoms with E-state index >= 15 is 0 Å². The lowest BCUT2D eigenvalue weighted by Gasteiger charge is -2.35. The van der Waals surface area contributed by atoms with E-state index in [1.54, 1.807) is 0 Å². The normalized spacial score (nSPS) is 18.6. The van der Waals surface area contributed by atoms with Crippen LogP contribution >= 0.6 is 0 Å². The molecule has 0 saturated heterocycles. The summed E-state index contributed by atoms with van der Waals surface area (Å²) in [5.41, 5.74) is 2.09. The fraction of sp³-hybridized carbons (Fsp3) is 0.611.